The van der Waals surface area contributed by atoms with Gasteiger partial charge in [-0.3, -0.25) is 4.40 Å². The highest BCUT2D eigenvalue weighted by molar-refractivity contribution is 5.77. The van der Waals surface area contributed by atoms with Crippen LogP contribution in [0.1, 0.15) is 5.69 Å². The van der Waals surface area contributed by atoms with Crippen LogP contribution >= 0.6 is 0 Å². The molecule has 3 aromatic rings. The van der Waals surface area contributed by atoms with Gasteiger partial charge < -0.3 is 10.5 Å². The summed E-state index contributed by atoms with van der Waals surface area (Å²) in [4.78, 5) is 8.90. The average Bonchev–Trinajstić information content (AvgIpc) is 2.90. The highest BCUT2D eigenvalue weighted by Gasteiger charge is 2.08. The number of imidazole rings is 1. The van der Waals surface area contributed by atoms with Crippen LogP contribution in [0.3, 0.4) is 0 Å². The van der Waals surface area contributed by atoms with E-state index < -0.39 is 0 Å². The van der Waals surface area contributed by atoms with Crippen LogP contribution in [-0.4, -0.2) is 28.0 Å². The Hall–Kier alpha value is -2.40. The number of nitrogens with two attached hydrogens (primary N) is 1. The molecule has 2 heterocycles. The van der Waals surface area contributed by atoms with E-state index in [1.165, 1.54) is 0 Å². The van der Waals surface area contributed by atoms with Crippen LogP contribution in [0.5, 0.6) is 5.75 Å². The Labute approximate surface area is 117 Å². The summed E-state index contributed by atoms with van der Waals surface area (Å²) in [5.41, 5.74) is 9.53. The number of nitrogens with zero attached hydrogens (tertiary/aromatic N) is 3. The molecule has 102 valence electrons. The standard InChI is InChI=1S/C15H16N4O/c1-20-13-4-2-11(3-5-13)14-8-17-10-19-9-12(6-7-16)18-15(14)19/h2-5,8-10H,6-7,16H2,1H3. The third kappa shape index (κ3) is 2.23. The van der Waals surface area contributed by atoms with Crippen molar-refractivity contribution in [3.05, 3.63) is 48.7 Å². The smallest absolute Gasteiger partial charge is 0.147 e. The zero-order valence-electron chi connectivity index (χ0n) is 11.3. The summed E-state index contributed by atoms with van der Waals surface area (Å²) in [5.74, 6) is 0.834. The van der Waals surface area contributed by atoms with Crippen molar-refractivity contribution in [1.29, 1.82) is 0 Å². The number of ether oxygens (including phenoxy) is 1. The van der Waals surface area contributed by atoms with Gasteiger partial charge in [0.25, 0.3) is 0 Å². The molecule has 1 aromatic carbocycles. The zero-order valence-corrected chi connectivity index (χ0v) is 11.3. The SMILES string of the molecule is COc1ccc(-c2cncn3cc(CCN)nc23)cc1. The molecule has 0 atom stereocenters. The molecule has 0 amide bonds. The molecule has 0 saturated heterocycles. The van der Waals surface area contributed by atoms with Gasteiger partial charge in [-0.15, -0.1) is 0 Å². The summed E-state index contributed by atoms with van der Waals surface area (Å²) in [6.07, 6.45) is 6.33. The number of aromatic nitrogens is 3. The van der Waals surface area contributed by atoms with Crippen molar-refractivity contribution >= 4 is 5.65 Å². The second-order valence-corrected chi connectivity index (χ2v) is 4.54. The lowest BCUT2D eigenvalue weighted by Crippen LogP contribution is -2.02. The van der Waals surface area contributed by atoms with Crippen molar-refractivity contribution in [3.63, 3.8) is 0 Å². The molecule has 0 aliphatic rings. The van der Waals surface area contributed by atoms with E-state index in [4.69, 9.17) is 10.5 Å². The summed E-state index contributed by atoms with van der Waals surface area (Å²) < 4.78 is 7.11. The first kappa shape index (κ1) is 12.6. The Morgan fingerprint density at radius 2 is 2.05 bits per heavy atom. The number of hydrogen-bond acceptors (Lipinski definition) is 4. The van der Waals surface area contributed by atoms with E-state index in [1.54, 1.807) is 13.4 Å². The lowest BCUT2D eigenvalue weighted by atomic mass is 10.1. The van der Waals surface area contributed by atoms with Crippen molar-refractivity contribution in [2.45, 2.75) is 6.42 Å². The number of methoxy groups -OCH3 is 1. The maximum atomic E-state index is 5.58. The summed E-state index contributed by atoms with van der Waals surface area (Å²) in [6, 6.07) is 7.88. The molecule has 0 bridgehead atoms. The van der Waals surface area contributed by atoms with E-state index in [0.29, 0.717) is 6.54 Å². The van der Waals surface area contributed by atoms with Crippen LogP contribution in [0.25, 0.3) is 16.8 Å². The van der Waals surface area contributed by atoms with E-state index in [9.17, 15) is 0 Å². The topological polar surface area (TPSA) is 65.4 Å². The fraction of sp³-hybridized carbons (Fsp3) is 0.200. The van der Waals surface area contributed by atoms with E-state index in [-0.39, 0.29) is 0 Å². The predicted molar refractivity (Wildman–Crippen MR) is 77.7 cm³/mol. The molecule has 0 fully saturated rings. The highest BCUT2D eigenvalue weighted by Crippen LogP contribution is 2.25. The highest BCUT2D eigenvalue weighted by atomic mass is 16.5. The molecule has 0 spiro atoms. The molecular formula is C15H16N4O. The van der Waals surface area contributed by atoms with Crippen LogP contribution < -0.4 is 10.5 Å². The number of rotatable bonds is 4. The first-order valence-corrected chi connectivity index (χ1v) is 6.48. The molecule has 0 aliphatic carbocycles. The molecule has 5 nitrogen and oxygen atoms in total. The normalized spacial score (nSPS) is 10.9. The maximum Gasteiger partial charge on any atom is 0.147 e. The second-order valence-electron chi connectivity index (χ2n) is 4.54. The van der Waals surface area contributed by atoms with Crippen molar-refractivity contribution in [1.82, 2.24) is 14.4 Å². The Bertz CT molecular complexity index is 718. The molecule has 3 rings (SSSR count). The Kier molecular flexibility index (Phi) is 3.35. The van der Waals surface area contributed by atoms with Gasteiger partial charge in [0.05, 0.1) is 12.8 Å². The zero-order chi connectivity index (χ0) is 13.9. The Morgan fingerprint density at radius 3 is 2.75 bits per heavy atom. The van der Waals surface area contributed by atoms with Crippen LogP contribution in [0, 0.1) is 0 Å². The Balaban J connectivity index is 2.09. The lowest BCUT2D eigenvalue weighted by molar-refractivity contribution is 0.415. The molecule has 0 aliphatic heterocycles. The van der Waals surface area contributed by atoms with Crippen molar-refractivity contribution in [2.75, 3.05) is 13.7 Å². The quantitative estimate of drug-likeness (QED) is 0.785. The monoisotopic (exact) mass is 268 g/mol. The minimum atomic E-state index is 0.592. The second kappa shape index (κ2) is 5.30. The van der Waals surface area contributed by atoms with Gasteiger partial charge >= 0.3 is 0 Å². The van der Waals surface area contributed by atoms with Gasteiger partial charge in [-0.1, -0.05) is 12.1 Å². The van der Waals surface area contributed by atoms with Gasteiger partial charge in [0, 0.05) is 24.4 Å². The number of hydrogen-bond donors (Lipinski definition) is 1. The van der Waals surface area contributed by atoms with Gasteiger partial charge in [-0.25, -0.2) is 9.97 Å². The van der Waals surface area contributed by atoms with Crippen LogP contribution in [0.15, 0.2) is 43.0 Å². The molecule has 20 heavy (non-hydrogen) atoms. The average molecular weight is 268 g/mol. The maximum absolute atomic E-state index is 5.58. The largest absolute Gasteiger partial charge is 0.497 e. The van der Waals surface area contributed by atoms with E-state index in [2.05, 4.69) is 9.97 Å². The van der Waals surface area contributed by atoms with E-state index >= 15 is 0 Å². The molecule has 0 unspecified atom stereocenters. The molecule has 5 heteroatoms. The third-order valence-electron chi connectivity index (χ3n) is 3.22. The molecule has 2 aromatic heterocycles. The number of fused-ring (bicyclic) bond motifs is 1. The van der Waals surface area contributed by atoms with Gasteiger partial charge in [-0.05, 0) is 24.2 Å². The predicted octanol–water partition coefficient (Wildman–Crippen LogP) is 1.91. The fourth-order valence-electron chi connectivity index (χ4n) is 2.21. The van der Waals surface area contributed by atoms with Crippen molar-refractivity contribution in [2.24, 2.45) is 5.73 Å². The fourth-order valence-corrected chi connectivity index (χ4v) is 2.21. The van der Waals surface area contributed by atoms with Crippen LogP contribution in [0.2, 0.25) is 0 Å². The first-order chi connectivity index (χ1) is 9.81. The Morgan fingerprint density at radius 1 is 1.25 bits per heavy atom. The van der Waals surface area contributed by atoms with Crippen LogP contribution in [-0.2, 0) is 6.42 Å². The van der Waals surface area contributed by atoms with Gasteiger partial charge in [-0.2, -0.15) is 0 Å². The summed E-state index contributed by atoms with van der Waals surface area (Å²) in [6.45, 7) is 0.592. The van der Waals surface area contributed by atoms with E-state index in [1.807, 2.05) is 41.1 Å². The molecule has 0 saturated carbocycles. The third-order valence-corrected chi connectivity index (χ3v) is 3.22. The molecular weight excluding hydrogens is 252 g/mol. The lowest BCUT2D eigenvalue weighted by Gasteiger charge is -2.04. The minimum absolute atomic E-state index is 0.592. The van der Waals surface area contributed by atoms with Gasteiger partial charge in [0.15, 0.2) is 0 Å². The van der Waals surface area contributed by atoms with Crippen molar-refractivity contribution in [3.8, 4) is 16.9 Å². The van der Waals surface area contributed by atoms with E-state index in [0.717, 1.165) is 34.6 Å². The molecule has 0 radical (unpaired) electrons. The molecule has 2 N–H and O–H groups in total. The summed E-state index contributed by atoms with van der Waals surface area (Å²) in [5, 5.41) is 0. The first-order valence-electron chi connectivity index (χ1n) is 6.48. The summed E-state index contributed by atoms with van der Waals surface area (Å²) >= 11 is 0. The number of benzene rings is 1. The van der Waals surface area contributed by atoms with Crippen LogP contribution in [0.4, 0.5) is 0 Å². The minimum Gasteiger partial charge on any atom is -0.497 e. The van der Waals surface area contributed by atoms with Gasteiger partial charge in [0.1, 0.15) is 17.7 Å². The van der Waals surface area contributed by atoms with Crippen molar-refractivity contribution < 1.29 is 4.74 Å². The summed E-state index contributed by atoms with van der Waals surface area (Å²) in [7, 11) is 1.66. The van der Waals surface area contributed by atoms with Gasteiger partial charge in [0.2, 0.25) is 0 Å².